The van der Waals surface area contributed by atoms with Crippen molar-refractivity contribution in [3.05, 3.63) is 59.7 Å². The highest BCUT2D eigenvalue weighted by molar-refractivity contribution is 5.78. The first-order valence-corrected chi connectivity index (χ1v) is 9.03. The summed E-state index contributed by atoms with van der Waals surface area (Å²) in [6.45, 7) is 0.397. The molecule has 2 aromatic rings. The highest BCUT2D eigenvalue weighted by Gasteiger charge is 2.28. The van der Waals surface area contributed by atoms with Gasteiger partial charge in [-0.1, -0.05) is 61.4 Å². The Labute approximate surface area is 149 Å². The number of carbonyl (C=O) groups is 1. The van der Waals surface area contributed by atoms with Crippen LogP contribution >= 0.6 is 0 Å². The Balaban J connectivity index is 1.55. The van der Waals surface area contributed by atoms with Crippen molar-refractivity contribution >= 4 is 6.09 Å². The van der Waals surface area contributed by atoms with Gasteiger partial charge in [0.15, 0.2) is 0 Å². The molecule has 1 aliphatic carbocycles. The summed E-state index contributed by atoms with van der Waals surface area (Å²) in [5.74, 6) is 0.389. The smallest absolute Gasteiger partial charge is 0.404 e. The van der Waals surface area contributed by atoms with E-state index in [2.05, 4.69) is 48.5 Å². The van der Waals surface area contributed by atoms with Gasteiger partial charge in [0.05, 0.1) is 6.61 Å². The lowest BCUT2D eigenvalue weighted by atomic mass is 9.89. The maximum atomic E-state index is 10.5. The number of fused-ring (bicyclic) bond motifs is 3. The Morgan fingerprint density at radius 3 is 2.16 bits per heavy atom. The molecule has 4 heteroatoms. The number of ether oxygens (including phenoxy) is 1. The van der Waals surface area contributed by atoms with Crippen molar-refractivity contribution in [3.63, 3.8) is 0 Å². The molecule has 2 aromatic carbocycles. The number of carbonyl (C=O) groups excluding carboxylic acids is 1. The molecular formula is C21H26N2O2. The van der Waals surface area contributed by atoms with Crippen LogP contribution in [0.2, 0.25) is 0 Å². The van der Waals surface area contributed by atoms with Crippen LogP contribution in [-0.2, 0) is 4.74 Å². The van der Waals surface area contributed by atoms with Crippen molar-refractivity contribution in [2.45, 2.75) is 44.1 Å². The zero-order chi connectivity index (χ0) is 17.6. The summed E-state index contributed by atoms with van der Waals surface area (Å²) in [4.78, 5) is 10.5. The van der Waals surface area contributed by atoms with Gasteiger partial charge in [-0.3, -0.25) is 0 Å². The number of hydrogen-bond acceptors (Lipinski definition) is 3. The molecule has 0 aliphatic heterocycles. The summed E-state index contributed by atoms with van der Waals surface area (Å²) in [5, 5.41) is 0. The van der Waals surface area contributed by atoms with Gasteiger partial charge in [-0.05, 0) is 41.5 Å². The Bertz CT molecular complexity index is 684. The van der Waals surface area contributed by atoms with Crippen LogP contribution in [0.15, 0.2) is 48.5 Å². The predicted octanol–water partition coefficient (Wildman–Crippen LogP) is 4.17. The van der Waals surface area contributed by atoms with Crippen LogP contribution in [0.3, 0.4) is 0 Å². The number of rotatable bonds is 8. The molecular weight excluding hydrogens is 312 g/mol. The molecule has 1 amide bonds. The molecule has 0 heterocycles. The fraction of sp³-hybridized carbons (Fsp3) is 0.381. The lowest BCUT2D eigenvalue weighted by Crippen LogP contribution is -2.22. The molecule has 0 radical (unpaired) electrons. The van der Waals surface area contributed by atoms with Crippen molar-refractivity contribution in [3.8, 4) is 11.1 Å². The number of hydrogen-bond donors (Lipinski definition) is 2. The Morgan fingerprint density at radius 2 is 1.56 bits per heavy atom. The summed E-state index contributed by atoms with van der Waals surface area (Å²) in [6, 6.07) is 17.5. The molecule has 0 aromatic heterocycles. The van der Waals surface area contributed by atoms with Gasteiger partial charge in [0.1, 0.15) is 0 Å². The first-order valence-electron chi connectivity index (χ1n) is 9.03. The van der Waals surface area contributed by atoms with Gasteiger partial charge < -0.3 is 16.2 Å². The van der Waals surface area contributed by atoms with Crippen molar-refractivity contribution < 1.29 is 9.53 Å². The topological polar surface area (TPSA) is 78.3 Å². The lowest BCUT2D eigenvalue weighted by Gasteiger charge is -2.19. The fourth-order valence-corrected chi connectivity index (χ4v) is 3.79. The summed E-state index contributed by atoms with van der Waals surface area (Å²) in [7, 11) is 0. The van der Waals surface area contributed by atoms with Gasteiger partial charge in [0.2, 0.25) is 0 Å². The minimum Gasteiger partial charge on any atom is -0.450 e. The van der Waals surface area contributed by atoms with Gasteiger partial charge in [-0.25, -0.2) is 4.79 Å². The van der Waals surface area contributed by atoms with E-state index >= 15 is 0 Å². The average Bonchev–Trinajstić information content (AvgIpc) is 2.92. The normalized spacial score (nSPS) is 14.0. The van der Waals surface area contributed by atoms with Crippen LogP contribution in [0, 0.1) is 0 Å². The summed E-state index contributed by atoms with van der Waals surface area (Å²) in [5.41, 5.74) is 16.9. The van der Waals surface area contributed by atoms with Crippen LogP contribution in [-0.4, -0.2) is 18.7 Å². The molecule has 0 spiro atoms. The first kappa shape index (κ1) is 17.5. The van der Waals surface area contributed by atoms with Crippen LogP contribution in [0.1, 0.15) is 49.1 Å². The summed E-state index contributed by atoms with van der Waals surface area (Å²) >= 11 is 0. The van der Waals surface area contributed by atoms with E-state index in [1.165, 1.54) is 22.3 Å². The molecule has 1 atom stereocenters. The molecule has 1 aliphatic rings. The van der Waals surface area contributed by atoms with E-state index in [0.29, 0.717) is 12.5 Å². The molecule has 4 N–H and O–H groups in total. The van der Waals surface area contributed by atoms with Gasteiger partial charge in [0, 0.05) is 12.0 Å². The van der Waals surface area contributed by atoms with E-state index in [-0.39, 0.29) is 6.04 Å². The zero-order valence-electron chi connectivity index (χ0n) is 14.5. The first-order chi connectivity index (χ1) is 12.2. The van der Waals surface area contributed by atoms with Gasteiger partial charge in [-0.15, -0.1) is 0 Å². The number of benzene rings is 2. The van der Waals surface area contributed by atoms with Crippen LogP contribution in [0.4, 0.5) is 4.79 Å². The second-order valence-electron chi connectivity index (χ2n) is 6.74. The second-order valence-corrected chi connectivity index (χ2v) is 6.74. The third kappa shape index (κ3) is 4.20. The number of amides is 1. The van der Waals surface area contributed by atoms with E-state index < -0.39 is 6.09 Å². The van der Waals surface area contributed by atoms with Crippen molar-refractivity contribution in [2.75, 3.05) is 6.61 Å². The standard InChI is InChI=1S/C21H26N2O2/c22-15(8-2-1-7-13-25-21(23)24)14-20-18-11-5-3-9-16(18)17-10-4-6-12-19(17)20/h3-6,9-12,15,20H,1-2,7-8,13-14,22H2,(H2,23,24). The van der Waals surface area contributed by atoms with Gasteiger partial charge in [0.25, 0.3) is 0 Å². The highest BCUT2D eigenvalue weighted by Crippen LogP contribution is 2.46. The van der Waals surface area contributed by atoms with Crippen LogP contribution in [0.25, 0.3) is 11.1 Å². The molecule has 0 saturated carbocycles. The van der Waals surface area contributed by atoms with E-state index in [1.807, 2.05) is 0 Å². The third-order valence-corrected chi connectivity index (χ3v) is 4.96. The molecule has 132 valence electrons. The Kier molecular flexibility index (Phi) is 5.71. The van der Waals surface area contributed by atoms with Crippen molar-refractivity contribution in [1.82, 2.24) is 0 Å². The molecule has 0 fully saturated rings. The van der Waals surface area contributed by atoms with Crippen molar-refractivity contribution in [1.29, 1.82) is 0 Å². The monoisotopic (exact) mass is 338 g/mol. The zero-order valence-corrected chi connectivity index (χ0v) is 14.5. The number of unbranched alkanes of at least 4 members (excludes halogenated alkanes) is 2. The molecule has 25 heavy (non-hydrogen) atoms. The second kappa shape index (κ2) is 8.17. The molecule has 1 unspecified atom stereocenters. The summed E-state index contributed by atoms with van der Waals surface area (Å²) in [6.07, 6.45) is 4.13. The average molecular weight is 338 g/mol. The number of nitrogens with two attached hydrogens (primary N) is 2. The molecule has 0 bridgehead atoms. The summed E-state index contributed by atoms with van der Waals surface area (Å²) < 4.78 is 4.74. The van der Waals surface area contributed by atoms with Crippen LogP contribution in [0.5, 0.6) is 0 Å². The SMILES string of the molecule is NC(=O)OCCCCCC(N)CC1c2ccccc2-c2ccccc21. The largest absolute Gasteiger partial charge is 0.450 e. The van der Waals surface area contributed by atoms with E-state index in [1.54, 1.807) is 0 Å². The minimum absolute atomic E-state index is 0.168. The van der Waals surface area contributed by atoms with Gasteiger partial charge >= 0.3 is 6.09 Å². The Morgan fingerprint density at radius 1 is 0.960 bits per heavy atom. The maximum absolute atomic E-state index is 10.5. The highest BCUT2D eigenvalue weighted by atomic mass is 16.5. The third-order valence-electron chi connectivity index (χ3n) is 4.96. The molecule has 3 rings (SSSR count). The van der Waals surface area contributed by atoms with Gasteiger partial charge in [-0.2, -0.15) is 0 Å². The maximum Gasteiger partial charge on any atom is 0.404 e. The van der Waals surface area contributed by atoms with Crippen molar-refractivity contribution in [2.24, 2.45) is 11.5 Å². The lowest BCUT2D eigenvalue weighted by molar-refractivity contribution is 0.154. The van der Waals surface area contributed by atoms with E-state index in [9.17, 15) is 4.79 Å². The quantitative estimate of drug-likeness (QED) is 0.709. The Hall–Kier alpha value is -2.33. The minimum atomic E-state index is -0.699. The van der Waals surface area contributed by atoms with E-state index in [4.69, 9.17) is 16.2 Å². The molecule has 4 nitrogen and oxygen atoms in total. The fourth-order valence-electron chi connectivity index (χ4n) is 3.79. The van der Waals surface area contributed by atoms with Crippen LogP contribution < -0.4 is 11.5 Å². The predicted molar refractivity (Wildman–Crippen MR) is 100 cm³/mol. The van der Waals surface area contributed by atoms with E-state index in [0.717, 1.165) is 32.1 Å². The number of primary amides is 1. The molecule has 0 saturated heterocycles.